The molecule has 2 aromatic heterocycles. The molecule has 0 aliphatic heterocycles. The second-order valence-corrected chi connectivity index (χ2v) is 6.05. The molecule has 0 spiro atoms. The van der Waals surface area contributed by atoms with Gasteiger partial charge in [0.15, 0.2) is 0 Å². The van der Waals surface area contributed by atoms with Gasteiger partial charge in [-0.1, -0.05) is 24.3 Å². The quantitative estimate of drug-likeness (QED) is 0.593. The molecule has 1 amide bonds. The molecule has 0 aliphatic rings. The van der Waals surface area contributed by atoms with E-state index < -0.39 is 6.04 Å². The average molecular weight is 361 g/mol. The fourth-order valence-electron chi connectivity index (χ4n) is 2.88. The summed E-state index contributed by atoms with van der Waals surface area (Å²) in [5, 5.41) is 11.6. The summed E-state index contributed by atoms with van der Waals surface area (Å²) in [6.45, 7) is -0.0164. The Morgan fingerprint density at radius 3 is 2.15 bits per heavy atom. The molecule has 2 heterocycles. The van der Waals surface area contributed by atoms with E-state index in [2.05, 4.69) is 20.5 Å². The Morgan fingerprint density at radius 2 is 1.52 bits per heavy atom. The number of amides is 1. The van der Waals surface area contributed by atoms with Crippen molar-refractivity contribution in [3.8, 4) is 0 Å². The Hall–Kier alpha value is -3.61. The number of benzene rings is 2. The second-order valence-electron chi connectivity index (χ2n) is 6.05. The highest BCUT2D eigenvalue weighted by Gasteiger charge is 2.18. The molecule has 0 radical (unpaired) electrons. The molecule has 1 N–H and O–H groups in total. The van der Waals surface area contributed by atoms with Gasteiger partial charge in [-0.3, -0.25) is 9.78 Å². The first-order chi connectivity index (χ1) is 13.2. The van der Waals surface area contributed by atoms with Crippen LogP contribution < -0.4 is 5.32 Å². The molecule has 134 valence electrons. The third-order valence-corrected chi connectivity index (χ3v) is 4.16. The molecule has 0 unspecified atom stereocenters. The van der Waals surface area contributed by atoms with Crippen molar-refractivity contribution in [2.45, 2.75) is 12.6 Å². The van der Waals surface area contributed by atoms with Crippen molar-refractivity contribution in [1.82, 2.24) is 25.3 Å². The Bertz CT molecular complexity index is 1030. The van der Waals surface area contributed by atoms with Gasteiger partial charge in [0.25, 0.3) is 0 Å². The molecule has 6 nitrogen and oxygen atoms in total. The van der Waals surface area contributed by atoms with Crippen molar-refractivity contribution >= 4 is 16.9 Å². The minimum Gasteiger partial charge on any atom is -0.344 e. The first kappa shape index (κ1) is 16.8. The zero-order valence-corrected chi connectivity index (χ0v) is 14.3. The van der Waals surface area contributed by atoms with Gasteiger partial charge in [-0.25, -0.2) is 4.39 Å². The van der Waals surface area contributed by atoms with E-state index in [0.29, 0.717) is 0 Å². The normalized spacial score (nSPS) is 12.0. The Kier molecular flexibility index (Phi) is 4.57. The number of hydrogen-bond acceptors (Lipinski definition) is 4. The molecule has 7 heteroatoms. The van der Waals surface area contributed by atoms with Gasteiger partial charge in [-0.05, 0) is 47.5 Å². The van der Waals surface area contributed by atoms with Crippen LogP contribution in [0.1, 0.15) is 17.2 Å². The van der Waals surface area contributed by atoms with Crippen LogP contribution >= 0.6 is 0 Å². The molecular formula is C20H16FN5O. The lowest BCUT2D eigenvalue weighted by atomic mass is 9.99. The van der Waals surface area contributed by atoms with Crippen LogP contribution in [0.3, 0.4) is 0 Å². The molecule has 0 aliphatic carbocycles. The fourth-order valence-corrected chi connectivity index (χ4v) is 2.88. The van der Waals surface area contributed by atoms with Gasteiger partial charge in [-0.15, -0.1) is 0 Å². The van der Waals surface area contributed by atoms with Crippen LogP contribution in [-0.2, 0) is 11.3 Å². The van der Waals surface area contributed by atoms with Gasteiger partial charge < -0.3 is 5.32 Å². The molecule has 4 rings (SSSR count). The third kappa shape index (κ3) is 3.82. The topological polar surface area (TPSA) is 72.7 Å². The summed E-state index contributed by atoms with van der Waals surface area (Å²) in [6.07, 6.45) is 3.31. The van der Waals surface area contributed by atoms with Crippen LogP contribution in [0.2, 0.25) is 0 Å². The predicted molar refractivity (Wildman–Crippen MR) is 98.2 cm³/mol. The number of aromatic nitrogens is 4. The van der Waals surface area contributed by atoms with Crippen molar-refractivity contribution in [3.05, 3.63) is 90.0 Å². The van der Waals surface area contributed by atoms with E-state index in [1.807, 2.05) is 36.4 Å². The summed E-state index contributed by atoms with van der Waals surface area (Å²) in [6, 6.07) is 16.7. The lowest BCUT2D eigenvalue weighted by Crippen LogP contribution is -2.32. The van der Waals surface area contributed by atoms with E-state index in [0.717, 1.165) is 22.2 Å². The number of nitrogens with zero attached hydrogens (tertiary/aromatic N) is 4. The van der Waals surface area contributed by atoms with E-state index >= 15 is 0 Å². The molecule has 0 saturated carbocycles. The smallest absolute Gasteiger partial charge is 0.244 e. The molecule has 0 bridgehead atoms. The van der Waals surface area contributed by atoms with Crippen molar-refractivity contribution in [3.63, 3.8) is 0 Å². The Balaban J connectivity index is 1.57. The summed E-state index contributed by atoms with van der Waals surface area (Å²) in [5.41, 5.74) is 3.09. The summed E-state index contributed by atoms with van der Waals surface area (Å²) in [7, 11) is 0. The van der Waals surface area contributed by atoms with Crippen LogP contribution in [0.4, 0.5) is 4.39 Å². The van der Waals surface area contributed by atoms with Gasteiger partial charge >= 0.3 is 0 Å². The van der Waals surface area contributed by atoms with Crippen LogP contribution in [0, 0.1) is 5.82 Å². The lowest BCUT2D eigenvalue weighted by Gasteiger charge is -2.19. The molecule has 1 atom stereocenters. The van der Waals surface area contributed by atoms with Gasteiger partial charge in [0.05, 0.1) is 6.04 Å². The highest BCUT2D eigenvalue weighted by atomic mass is 19.1. The highest BCUT2D eigenvalue weighted by Crippen LogP contribution is 2.22. The van der Waals surface area contributed by atoms with Crippen LogP contribution in [0.25, 0.3) is 11.0 Å². The molecule has 27 heavy (non-hydrogen) atoms. The van der Waals surface area contributed by atoms with Crippen molar-refractivity contribution < 1.29 is 9.18 Å². The number of nitrogens with one attached hydrogen (secondary N) is 1. The maximum absolute atomic E-state index is 13.3. The van der Waals surface area contributed by atoms with Gasteiger partial charge in [0.1, 0.15) is 23.4 Å². The summed E-state index contributed by atoms with van der Waals surface area (Å²) in [4.78, 5) is 18.0. The number of rotatable bonds is 5. The van der Waals surface area contributed by atoms with Gasteiger partial charge in [0.2, 0.25) is 5.91 Å². The first-order valence-electron chi connectivity index (χ1n) is 8.44. The number of pyridine rings is 1. The highest BCUT2D eigenvalue weighted by molar-refractivity contribution is 5.77. The Morgan fingerprint density at radius 1 is 0.926 bits per heavy atom. The average Bonchev–Trinajstić information content (AvgIpc) is 3.10. The SMILES string of the molecule is O=C(Cn1nc2ccccc2n1)N[C@H](c1ccncc1)c1ccc(F)cc1. The summed E-state index contributed by atoms with van der Waals surface area (Å²) < 4.78 is 13.3. The number of halogens is 1. The molecule has 2 aromatic carbocycles. The maximum atomic E-state index is 13.3. The predicted octanol–water partition coefficient (Wildman–Crippen LogP) is 2.87. The van der Waals surface area contributed by atoms with Gasteiger partial charge in [0, 0.05) is 12.4 Å². The van der Waals surface area contributed by atoms with E-state index in [4.69, 9.17) is 0 Å². The number of hydrogen-bond donors (Lipinski definition) is 1. The summed E-state index contributed by atoms with van der Waals surface area (Å²) >= 11 is 0. The van der Waals surface area contributed by atoms with E-state index in [1.54, 1.807) is 24.5 Å². The largest absolute Gasteiger partial charge is 0.344 e. The van der Waals surface area contributed by atoms with Gasteiger partial charge in [-0.2, -0.15) is 15.0 Å². The second kappa shape index (κ2) is 7.33. The number of fused-ring (bicyclic) bond motifs is 1. The van der Waals surface area contributed by atoms with Crippen molar-refractivity contribution in [1.29, 1.82) is 0 Å². The van der Waals surface area contributed by atoms with E-state index in [1.165, 1.54) is 16.9 Å². The Labute approximate surface area is 154 Å². The fraction of sp³-hybridized carbons (Fsp3) is 0.100. The number of carbonyl (C=O) groups excluding carboxylic acids is 1. The summed E-state index contributed by atoms with van der Waals surface area (Å²) in [5.74, 6) is -0.576. The molecular weight excluding hydrogens is 345 g/mol. The molecule has 4 aromatic rings. The third-order valence-electron chi connectivity index (χ3n) is 4.16. The van der Waals surface area contributed by atoms with Crippen molar-refractivity contribution in [2.24, 2.45) is 0 Å². The van der Waals surface area contributed by atoms with Crippen LogP contribution in [0.15, 0.2) is 73.1 Å². The maximum Gasteiger partial charge on any atom is 0.244 e. The standard InChI is InChI=1S/C20H16FN5O/c21-16-7-5-14(6-8-16)20(15-9-11-22-12-10-15)23-19(27)13-26-24-17-3-1-2-4-18(17)25-26/h1-12,20H,13H2,(H,23,27)/t20-/m0/s1. The number of carbonyl (C=O) groups is 1. The van der Waals surface area contributed by atoms with E-state index in [-0.39, 0.29) is 18.3 Å². The van der Waals surface area contributed by atoms with Crippen molar-refractivity contribution in [2.75, 3.05) is 0 Å². The van der Waals surface area contributed by atoms with Crippen LogP contribution in [-0.4, -0.2) is 25.9 Å². The lowest BCUT2D eigenvalue weighted by molar-refractivity contribution is -0.122. The first-order valence-corrected chi connectivity index (χ1v) is 8.44. The minimum absolute atomic E-state index is 0.0164. The molecule has 0 fully saturated rings. The monoisotopic (exact) mass is 361 g/mol. The molecule has 0 saturated heterocycles. The van der Waals surface area contributed by atoms with E-state index in [9.17, 15) is 9.18 Å². The minimum atomic E-state index is -0.425. The van der Waals surface area contributed by atoms with Crippen LogP contribution in [0.5, 0.6) is 0 Å². The zero-order valence-electron chi connectivity index (χ0n) is 14.3. The zero-order chi connectivity index (χ0) is 18.6.